The van der Waals surface area contributed by atoms with Gasteiger partial charge < -0.3 is 14.2 Å². The van der Waals surface area contributed by atoms with Crippen molar-refractivity contribution in [1.29, 1.82) is 0 Å². The minimum absolute atomic E-state index is 0.125. The van der Waals surface area contributed by atoms with Crippen molar-refractivity contribution >= 4 is 29.8 Å². The SMILES string of the molecule is CCCCCCCCCCCCCC(=O)OCC1C2C(=O)OC(=O)C2c2cc(C)ccc2C1C1CC(=O)OC1=O. The van der Waals surface area contributed by atoms with Crippen molar-refractivity contribution in [2.75, 3.05) is 6.61 Å². The van der Waals surface area contributed by atoms with E-state index in [1.807, 2.05) is 25.1 Å². The maximum atomic E-state index is 12.9. The summed E-state index contributed by atoms with van der Waals surface area (Å²) in [5, 5.41) is 0. The molecule has 0 radical (unpaired) electrons. The zero-order valence-electron chi connectivity index (χ0n) is 23.8. The highest BCUT2D eigenvalue weighted by molar-refractivity contribution is 6.01. The summed E-state index contributed by atoms with van der Waals surface area (Å²) in [7, 11) is 0. The predicted molar refractivity (Wildman–Crippen MR) is 146 cm³/mol. The zero-order valence-corrected chi connectivity index (χ0v) is 23.8. The molecule has 5 unspecified atom stereocenters. The summed E-state index contributed by atoms with van der Waals surface area (Å²) in [6.45, 7) is 3.96. The summed E-state index contributed by atoms with van der Waals surface area (Å²) < 4.78 is 15.6. The van der Waals surface area contributed by atoms with Crippen LogP contribution in [0.25, 0.3) is 0 Å². The molecule has 2 fully saturated rings. The van der Waals surface area contributed by atoms with Gasteiger partial charge in [-0.25, -0.2) is 0 Å². The van der Waals surface area contributed by atoms with E-state index in [0.29, 0.717) is 11.1 Å². The number of ether oxygens (including phenoxy) is 3. The molecule has 8 heteroatoms. The Hall–Kier alpha value is -3.03. The minimum atomic E-state index is -0.898. The van der Waals surface area contributed by atoms with Crippen LogP contribution in [0.5, 0.6) is 0 Å². The molecular weight excluding hydrogens is 512 g/mol. The van der Waals surface area contributed by atoms with E-state index in [4.69, 9.17) is 14.2 Å². The molecule has 4 rings (SSSR count). The highest BCUT2D eigenvalue weighted by atomic mass is 16.6. The van der Waals surface area contributed by atoms with Crippen molar-refractivity contribution in [2.45, 2.75) is 109 Å². The van der Waals surface area contributed by atoms with Gasteiger partial charge >= 0.3 is 29.8 Å². The van der Waals surface area contributed by atoms with Crippen molar-refractivity contribution in [3.8, 4) is 0 Å². The molecule has 0 amide bonds. The Morgan fingerprint density at radius 1 is 0.800 bits per heavy atom. The lowest BCUT2D eigenvalue weighted by Crippen LogP contribution is -2.42. The van der Waals surface area contributed by atoms with Crippen LogP contribution in [0.3, 0.4) is 0 Å². The number of carbonyl (C=O) groups is 5. The third kappa shape index (κ3) is 6.99. The summed E-state index contributed by atoms with van der Waals surface area (Å²) in [5.74, 6) is -6.84. The highest BCUT2D eigenvalue weighted by Gasteiger charge is 2.59. The molecule has 0 aromatic heterocycles. The summed E-state index contributed by atoms with van der Waals surface area (Å²) in [5.41, 5.74) is 2.22. The lowest BCUT2D eigenvalue weighted by atomic mass is 9.61. The second kappa shape index (κ2) is 14.0. The van der Waals surface area contributed by atoms with Crippen LogP contribution >= 0.6 is 0 Å². The van der Waals surface area contributed by atoms with Gasteiger partial charge in [-0.3, -0.25) is 24.0 Å². The number of carbonyl (C=O) groups excluding carboxylic acids is 5. The van der Waals surface area contributed by atoms with E-state index in [1.165, 1.54) is 51.4 Å². The molecule has 2 aliphatic heterocycles. The van der Waals surface area contributed by atoms with Gasteiger partial charge in [-0.1, -0.05) is 94.9 Å². The average Bonchev–Trinajstić information content (AvgIpc) is 3.41. The average molecular weight is 555 g/mol. The minimum Gasteiger partial charge on any atom is -0.465 e. The summed E-state index contributed by atoms with van der Waals surface area (Å²) in [6.07, 6.45) is 13.1. The van der Waals surface area contributed by atoms with Crippen molar-refractivity contribution in [3.05, 3.63) is 34.9 Å². The topological polar surface area (TPSA) is 113 Å². The van der Waals surface area contributed by atoms with Crippen LogP contribution in [-0.4, -0.2) is 36.5 Å². The van der Waals surface area contributed by atoms with E-state index in [9.17, 15) is 24.0 Å². The lowest BCUT2D eigenvalue weighted by Gasteiger charge is -2.40. The Balaban J connectivity index is 1.35. The number of hydrogen-bond donors (Lipinski definition) is 0. The molecule has 40 heavy (non-hydrogen) atoms. The third-order valence-corrected chi connectivity index (χ3v) is 8.70. The van der Waals surface area contributed by atoms with Crippen molar-refractivity contribution < 1.29 is 38.2 Å². The van der Waals surface area contributed by atoms with Gasteiger partial charge in [0.05, 0.1) is 30.8 Å². The van der Waals surface area contributed by atoms with Crippen LogP contribution < -0.4 is 0 Å². The van der Waals surface area contributed by atoms with Gasteiger partial charge in [-0.05, 0) is 24.5 Å². The first-order valence-electron chi connectivity index (χ1n) is 15.1. The van der Waals surface area contributed by atoms with Crippen LogP contribution in [0, 0.1) is 24.7 Å². The van der Waals surface area contributed by atoms with Gasteiger partial charge in [0.2, 0.25) is 0 Å². The van der Waals surface area contributed by atoms with E-state index < -0.39 is 53.5 Å². The first-order chi connectivity index (χ1) is 19.3. The molecule has 2 saturated heterocycles. The van der Waals surface area contributed by atoms with E-state index >= 15 is 0 Å². The van der Waals surface area contributed by atoms with E-state index in [2.05, 4.69) is 6.92 Å². The number of cyclic esters (lactones) is 4. The number of esters is 5. The Kier molecular flexibility index (Phi) is 10.5. The quantitative estimate of drug-likeness (QED) is 0.115. The lowest BCUT2D eigenvalue weighted by molar-refractivity contribution is -0.157. The molecule has 0 N–H and O–H groups in total. The monoisotopic (exact) mass is 554 g/mol. The normalized spacial score (nSPS) is 25.4. The highest BCUT2D eigenvalue weighted by Crippen LogP contribution is 2.54. The van der Waals surface area contributed by atoms with Gasteiger partial charge in [0.15, 0.2) is 0 Å². The number of benzene rings is 1. The molecule has 5 atom stereocenters. The maximum absolute atomic E-state index is 12.9. The Morgan fingerprint density at radius 2 is 1.45 bits per heavy atom. The van der Waals surface area contributed by atoms with Gasteiger partial charge in [0.25, 0.3) is 0 Å². The fourth-order valence-electron chi connectivity index (χ4n) is 6.66. The number of hydrogen-bond acceptors (Lipinski definition) is 8. The van der Waals surface area contributed by atoms with Crippen LogP contribution in [-0.2, 0) is 38.2 Å². The Bertz CT molecular complexity index is 1110. The number of fused-ring (bicyclic) bond motifs is 3. The molecule has 0 saturated carbocycles. The Morgan fingerprint density at radius 3 is 2.08 bits per heavy atom. The predicted octanol–water partition coefficient (Wildman–Crippen LogP) is 5.83. The van der Waals surface area contributed by atoms with Crippen LogP contribution in [0.15, 0.2) is 18.2 Å². The largest absolute Gasteiger partial charge is 0.465 e. The number of rotatable bonds is 15. The van der Waals surface area contributed by atoms with E-state index in [1.54, 1.807) is 0 Å². The van der Waals surface area contributed by atoms with Crippen LogP contribution in [0.2, 0.25) is 0 Å². The molecule has 1 aliphatic carbocycles. The number of unbranched alkanes of at least 4 members (excludes halogenated alkanes) is 10. The van der Waals surface area contributed by atoms with Gasteiger partial charge in [-0.2, -0.15) is 0 Å². The molecule has 0 spiro atoms. The molecule has 2 heterocycles. The molecule has 3 aliphatic rings. The fraction of sp³-hybridized carbons (Fsp3) is 0.656. The van der Waals surface area contributed by atoms with Gasteiger partial charge in [0, 0.05) is 18.3 Å². The molecule has 1 aromatic rings. The Labute approximate surface area is 236 Å². The number of aryl methyl sites for hydroxylation is 1. The molecule has 0 bridgehead atoms. The molecular formula is C32H42O8. The fourth-order valence-corrected chi connectivity index (χ4v) is 6.66. The third-order valence-electron chi connectivity index (χ3n) is 8.70. The second-order valence-electron chi connectivity index (χ2n) is 11.6. The molecule has 8 nitrogen and oxygen atoms in total. The maximum Gasteiger partial charge on any atom is 0.321 e. The first kappa shape index (κ1) is 29.9. The summed E-state index contributed by atoms with van der Waals surface area (Å²) in [4.78, 5) is 63.0. The zero-order chi connectivity index (χ0) is 28.6. The molecule has 218 valence electrons. The standard InChI is InChI=1S/C32H42O8/c1-3-4-5-6-7-8-9-10-11-12-13-14-25(33)38-19-24-27(23-18-26(34)39-30(23)35)21-16-15-20(2)17-22(21)28-29(24)32(37)40-31(28)36/h15-17,23-24,27-29H,3-14,18-19H2,1-2H3. The van der Waals surface area contributed by atoms with E-state index in [-0.39, 0.29) is 25.4 Å². The van der Waals surface area contributed by atoms with Gasteiger partial charge in [-0.15, -0.1) is 0 Å². The van der Waals surface area contributed by atoms with Crippen LogP contribution in [0.4, 0.5) is 0 Å². The van der Waals surface area contributed by atoms with Gasteiger partial charge in [0.1, 0.15) is 0 Å². The summed E-state index contributed by atoms with van der Waals surface area (Å²) >= 11 is 0. The summed E-state index contributed by atoms with van der Waals surface area (Å²) in [6, 6.07) is 5.53. The van der Waals surface area contributed by atoms with Crippen molar-refractivity contribution in [2.24, 2.45) is 17.8 Å². The van der Waals surface area contributed by atoms with E-state index in [0.717, 1.165) is 24.8 Å². The van der Waals surface area contributed by atoms with Crippen molar-refractivity contribution in [1.82, 2.24) is 0 Å². The second-order valence-corrected chi connectivity index (χ2v) is 11.6. The van der Waals surface area contributed by atoms with Crippen LogP contribution in [0.1, 0.15) is 119 Å². The smallest absolute Gasteiger partial charge is 0.321 e. The van der Waals surface area contributed by atoms with Crippen molar-refractivity contribution in [3.63, 3.8) is 0 Å². The molecule has 1 aromatic carbocycles. The first-order valence-corrected chi connectivity index (χ1v) is 15.1.